The number of carbonyl (C=O) groups is 1. The summed E-state index contributed by atoms with van der Waals surface area (Å²) in [6.45, 7) is 5.24. The standard InChI is InChI=1S/C30H37N5O2/c1-34-13-3-11-32-30(36)26-9-14-35(15-10-26)21-24-16-23(17-27(18-24)37-2)19-29-31-12-8-28(33-29)25-6-4-22(20-34)5-7-25/h4-8,12,16-18,26H,3,9-11,13-15,19-21H2,1-2H3,(H,32,36). The molecule has 1 N–H and O–H groups in total. The maximum Gasteiger partial charge on any atom is 0.223 e. The van der Waals surface area contributed by atoms with E-state index < -0.39 is 0 Å². The van der Waals surface area contributed by atoms with Crippen LogP contribution in [0.2, 0.25) is 0 Å². The van der Waals surface area contributed by atoms with Crippen molar-refractivity contribution in [3.63, 3.8) is 0 Å². The van der Waals surface area contributed by atoms with Gasteiger partial charge in [-0.05, 0) is 80.8 Å². The second kappa shape index (κ2) is 11.8. The van der Waals surface area contributed by atoms with E-state index in [-0.39, 0.29) is 11.8 Å². The van der Waals surface area contributed by atoms with Crippen LogP contribution in [0.3, 0.4) is 0 Å². The lowest BCUT2D eigenvalue weighted by molar-refractivity contribution is -0.126. The molecule has 8 rings (SSSR count). The number of rotatable bonds is 1. The quantitative estimate of drug-likeness (QED) is 0.548. The molecular weight excluding hydrogens is 462 g/mol. The van der Waals surface area contributed by atoms with Gasteiger partial charge >= 0.3 is 0 Å². The summed E-state index contributed by atoms with van der Waals surface area (Å²) < 4.78 is 5.62. The molecule has 0 aliphatic carbocycles. The third-order valence-corrected chi connectivity index (χ3v) is 7.41. The predicted octanol–water partition coefficient (Wildman–Crippen LogP) is 3.91. The highest BCUT2D eigenvalue weighted by molar-refractivity contribution is 5.78. The van der Waals surface area contributed by atoms with Gasteiger partial charge in [0.2, 0.25) is 5.91 Å². The molecule has 194 valence electrons. The molecule has 5 aliphatic heterocycles. The summed E-state index contributed by atoms with van der Waals surface area (Å²) in [5.74, 6) is 1.97. The van der Waals surface area contributed by atoms with E-state index in [9.17, 15) is 4.79 Å². The number of nitrogens with one attached hydrogen (secondary N) is 1. The first-order valence-corrected chi connectivity index (χ1v) is 13.3. The van der Waals surface area contributed by atoms with Crippen LogP contribution in [0.1, 0.15) is 41.8 Å². The van der Waals surface area contributed by atoms with Crippen LogP contribution in [-0.2, 0) is 24.3 Å². The number of hydrogen-bond donors (Lipinski definition) is 1. The molecule has 0 saturated carbocycles. The van der Waals surface area contributed by atoms with Crippen molar-refractivity contribution in [2.45, 2.75) is 38.8 Å². The first-order valence-electron chi connectivity index (χ1n) is 13.3. The molecule has 7 heteroatoms. The normalized spacial score (nSPS) is 21.4. The predicted molar refractivity (Wildman–Crippen MR) is 145 cm³/mol. The summed E-state index contributed by atoms with van der Waals surface area (Å²) >= 11 is 0. The minimum Gasteiger partial charge on any atom is -0.497 e. The molecule has 1 amide bonds. The van der Waals surface area contributed by atoms with Crippen LogP contribution >= 0.6 is 0 Å². The van der Waals surface area contributed by atoms with Crippen LogP contribution < -0.4 is 10.1 Å². The monoisotopic (exact) mass is 499 g/mol. The first-order chi connectivity index (χ1) is 18.1. The van der Waals surface area contributed by atoms with Crippen LogP contribution in [0.4, 0.5) is 0 Å². The van der Waals surface area contributed by atoms with Gasteiger partial charge in [-0.1, -0.05) is 30.3 Å². The van der Waals surface area contributed by atoms with Gasteiger partial charge in [0, 0.05) is 43.7 Å². The molecular formula is C30H37N5O2. The highest BCUT2D eigenvalue weighted by Gasteiger charge is 2.25. The second-order valence-corrected chi connectivity index (χ2v) is 10.4. The van der Waals surface area contributed by atoms with E-state index in [1.807, 2.05) is 12.3 Å². The summed E-state index contributed by atoms with van der Waals surface area (Å²) in [5.41, 5.74) is 5.64. The SMILES string of the molecule is COc1cc2cc(c1)CN1CCC(CC1)C(=O)NCCCN(C)Cc1ccc(cc1)-c1ccnc(n1)C2. The van der Waals surface area contributed by atoms with Crippen LogP contribution in [-0.4, -0.2) is 66.0 Å². The smallest absolute Gasteiger partial charge is 0.223 e. The zero-order valence-corrected chi connectivity index (χ0v) is 21.9. The average molecular weight is 500 g/mol. The third kappa shape index (κ3) is 6.73. The van der Waals surface area contributed by atoms with E-state index in [1.165, 1.54) is 11.1 Å². The maximum atomic E-state index is 12.7. The van der Waals surface area contributed by atoms with Crippen molar-refractivity contribution in [2.24, 2.45) is 5.92 Å². The summed E-state index contributed by atoms with van der Waals surface area (Å²) in [6.07, 6.45) is 5.24. The third-order valence-electron chi connectivity index (χ3n) is 7.41. The fourth-order valence-electron chi connectivity index (χ4n) is 5.36. The number of methoxy groups -OCH3 is 1. The second-order valence-electron chi connectivity index (χ2n) is 10.4. The molecule has 1 aromatic heterocycles. The Morgan fingerprint density at radius 2 is 1.73 bits per heavy atom. The van der Waals surface area contributed by atoms with Crippen LogP contribution in [0.25, 0.3) is 11.3 Å². The Labute approximate surface area is 219 Å². The van der Waals surface area contributed by atoms with Crippen molar-refractivity contribution in [1.29, 1.82) is 0 Å². The summed E-state index contributed by atoms with van der Waals surface area (Å²) in [6, 6.07) is 17.0. The summed E-state index contributed by atoms with van der Waals surface area (Å²) in [5, 5.41) is 3.18. The molecule has 8 bridgehead atoms. The fourth-order valence-corrected chi connectivity index (χ4v) is 5.36. The molecule has 0 spiro atoms. The van der Waals surface area contributed by atoms with Gasteiger partial charge in [-0.2, -0.15) is 0 Å². The largest absolute Gasteiger partial charge is 0.497 e. The molecule has 0 unspecified atom stereocenters. The Hall–Kier alpha value is -3.29. The molecule has 1 saturated heterocycles. The topological polar surface area (TPSA) is 70.6 Å². The molecule has 0 atom stereocenters. The molecule has 5 aliphatic rings. The Balaban J connectivity index is 1.41. The molecule has 1 fully saturated rings. The zero-order valence-electron chi connectivity index (χ0n) is 21.9. The van der Waals surface area contributed by atoms with E-state index in [2.05, 4.69) is 69.6 Å². The van der Waals surface area contributed by atoms with Gasteiger partial charge in [0.05, 0.1) is 12.8 Å². The van der Waals surface area contributed by atoms with E-state index in [0.29, 0.717) is 6.42 Å². The maximum absolute atomic E-state index is 12.7. The molecule has 7 nitrogen and oxygen atoms in total. The number of aromatic nitrogens is 2. The Morgan fingerprint density at radius 3 is 2.51 bits per heavy atom. The van der Waals surface area contributed by atoms with Gasteiger partial charge in [0.25, 0.3) is 0 Å². The number of piperidine rings is 1. The van der Waals surface area contributed by atoms with Gasteiger partial charge in [0.1, 0.15) is 11.6 Å². The number of hydrogen-bond acceptors (Lipinski definition) is 6. The number of nitrogens with zero attached hydrogens (tertiary/aromatic N) is 4. The van der Waals surface area contributed by atoms with Crippen molar-refractivity contribution in [1.82, 2.24) is 25.1 Å². The van der Waals surface area contributed by atoms with Crippen molar-refractivity contribution in [2.75, 3.05) is 40.3 Å². The van der Waals surface area contributed by atoms with Gasteiger partial charge in [0.15, 0.2) is 0 Å². The van der Waals surface area contributed by atoms with E-state index in [1.54, 1.807) is 7.11 Å². The highest BCUT2D eigenvalue weighted by atomic mass is 16.5. The molecule has 6 heterocycles. The van der Waals surface area contributed by atoms with Crippen molar-refractivity contribution >= 4 is 5.91 Å². The summed E-state index contributed by atoms with van der Waals surface area (Å²) in [4.78, 5) is 26.9. The Kier molecular flexibility index (Phi) is 8.12. The van der Waals surface area contributed by atoms with Crippen molar-refractivity contribution in [3.05, 3.63) is 77.2 Å². The molecule has 3 aromatic rings. The lowest BCUT2D eigenvalue weighted by atomic mass is 9.95. The highest BCUT2D eigenvalue weighted by Crippen LogP contribution is 2.24. The van der Waals surface area contributed by atoms with Crippen LogP contribution in [0, 0.1) is 5.92 Å². The van der Waals surface area contributed by atoms with Gasteiger partial charge in [-0.25, -0.2) is 9.97 Å². The van der Waals surface area contributed by atoms with E-state index >= 15 is 0 Å². The molecule has 0 radical (unpaired) electrons. The van der Waals surface area contributed by atoms with E-state index in [0.717, 1.165) is 86.9 Å². The van der Waals surface area contributed by atoms with Crippen molar-refractivity contribution < 1.29 is 9.53 Å². The number of ether oxygens (including phenoxy) is 1. The van der Waals surface area contributed by atoms with Crippen LogP contribution in [0.5, 0.6) is 5.75 Å². The van der Waals surface area contributed by atoms with Gasteiger partial charge in [-0.3, -0.25) is 9.69 Å². The number of amides is 1. The van der Waals surface area contributed by atoms with Crippen molar-refractivity contribution in [3.8, 4) is 17.0 Å². The summed E-state index contributed by atoms with van der Waals surface area (Å²) in [7, 11) is 3.84. The Bertz CT molecular complexity index is 1200. The minimum atomic E-state index is 0.111. The van der Waals surface area contributed by atoms with Gasteiger partial charge < -0.3 is 15.0 Å². The Morgan fingerprint density at radius 1 is 0.946 bits per heavy atom. The lowest BCUT2D eigenvalue weighted by Gasteiger charge is -2.31. The first kappa shape index (κ1) is 25.4. The number of benzene rings is 2. The van der Waals surface area contributed by atoms with Gasteiger partial charge in [-0.15, -0.1) is 0 Å². The molecule has 37 heavy (non-hydrogen) atoms. The lowest BCUT2D eigenvalue weighted by Crippen LogP contribution is -2.40. The zero-order chi connectivity index (χ0) is 25.6. The number of carbonyl (C=O) groups excluding carboxylic acids is 1. The minimum absolute atomic E-state index is 0.111. The van der Waals surface area contributed by atoms with E-state index in [4.69, 9.17) is 9.72 Å². The fraction of sp³-hybridized carbons (Fsp3) is 0.433. The average Bonchev–Trinajstić information content (AvgIpc) is 2.91. The van der Waals surface area contributed by atoms with Crippen LogP contribution in [0.15, 0.2) is 54.7 Å². The molecule has 2 aromatic carbocycles.